The molecule has 0 saturated carbocycles. The quantitative estimate of drug-likeness (QED) is 0.426. The fraction of sp³-hybridized carbons (Fsp3) is 0.379. The minimum absolute atomic E-state index is 0.108. The average Bonchev–Trinajstić information content (AvgIpc) is 3.32. The zero-order valence-electron chi connectivity index (χ0n) is 22.0. The number of hydrogen-bond acceptors (Lipinski definition) is 5. The Labute approximate surface area is 223 Å². The standard InChI is InChI=1S/C29H35FN4O4/c1-22-4-3-5-26(18-22)31-29(36)33(13-12-32-14-16-37-17-15-32)21-28(35)34(20-27-11-6-23(2)38-27)19-24-7-9-25(30)10-8-24/h3-11,18H,12-17,19-21H2,1-2H3,(H,31,36). The van der Waals surface area contributed by atoms with Gasteiger partial charge in [-0.1, -0.05) is 24.3 Å². The van der Waals surface area contributed by atoms with Crippen molar-refractivity contribution in [2.75, 3.05) is 51.3 Å². The van der Waals surface area contributed by atoms with Crippen LogP contribution in [-0.4, -0.2) is 72.6 Å². The van der Waals surface area contributed by atoms with Gasteiger partial charge in [0.25, 0.3) is 0 Å². The van der Waals surface area contributed by atoms with Crippen LogP contribution in [0.5, 0.6) is 0 Å². The molecule has 2 aromatic carbocycles. The monoisotopic (exact) mass is 522 g/mol. The summed E-state index contributed by atoms with van der Waals surface area (Å²) < 4.78 is 24.6. The molecule has 0 atom stereocenters. The first kappa shape index (κ1) is 27.3. The van der Waals surface area contributed by atoms with Crippen molar-refractivity contribution in [2.24, 2.45) is 0 Å². The number of furan rings is 1. The number of aryl methyl sites for hydroxylation is 2. The number of nitrogens with one attached hydrogen (secondary N) is 1. The number of anilines is 1. The zero-order chi connectivity index (χ0) is 26.9. The third-order valence-corrected chi connectivity index (χ3v) is 6.45. The van der Waals surface area contributed by atoms with E-state index in [4.69, 9.17) is 9.15 Å². The number of ether oxygens (including phenoxy) is 1. The molecule has 0 bridgehead atoms. The Morgan fingerprint density at radius 1 is 0.974 bits per heavy atom. The normalized spacial score (nSPS) is 13.8. The number of carbonyl (C=O) groups is 2. The van der Waals surface area contributed by atoms with Gasteiger partial charge in [0.2, 0.25) is 5.91 Å². The second-order valence-electron chi connectivity index (χ2n) is 9.56. The number of rotatable bonds is 10. The van der Waals surface area contributed by atoms with Crippen molar-refractivity contribution in [2.45, 2.75) is 26.9 Å². The van der Waals surface area contributed by atoms with Gasteiger partial charge in [0.15, 0.2) is 0 Å². The maximum Gasteiger partial charge on any atom is 0.322 e. The number of morpholine rings is 1. The average molecular weight is 523 g/mol. The first-order chi connectivity index (χ1) is 18.4. The lowest BCUT2D eigenvalue weighted by molar-refractivity contribution is -0.133. The van der Waals surface area contributed by atoms with Crippen molar-refractivity contribution < 1.29 is 23.1 Å². The van der Waals surface area contributed by atoms with Crippen molar-refractivity contribution in [1.29, 1.82) is 0 Å². The van der Waals surface area contributed by atoms with Crippen LogP contribution >= 0.6 is 0 Å². The Hall–Kier alpha value is -3.69. The highest BCUT2D eigenvalue weighted by molar-refractivity contribution is 5.92. The van der Waals surface area contributed by atoms with Gasteiger partial charge in [0.05, 0.1) is 19.8 Å². The molecule has 1 saturated heterocycles. The van der Waals surface area contributed by atoms with E-state index in [2.05, 4.69) is 10.2 Å². The number of halogens is 1. The summed E-state index contributed by atoms with van der Waals surface area (Å²) in [6, 6.07) is 17.0. The number of carbonyl (C=O) groups excluding carboxylic acids is 2. The topological polar surface area (TPSA) is 78.3 Å². The molecular formula is C29H35FN4O4. The van der Waals surface area contributed by atoms with Crippen LogP contribution in [0.2, 0.25) is 0 Å². The second kappa shape index (κ2) is 13.2. The Kier molecular flexibility index (Phi) is 9.51. The van der Waals surface area contributed by atoms with Gasteiger partial charge >= 0.3 is 6.03 Å². The maximum atomic E-state index is 13.7. The maximum absolute atomic E-state index is 13.7. The SMILES string of the molecule is Cc1cccc(NC(=O)N(CCN2CCOCC2)CC(=O)N(Cc2ccc(F)cc2)Cc2ccc(C)o2)c1. The molecule has 3 aromatic rings. The largest absolute Gasteiger partial charge is 0.464 e. The summed E-state index contributed by atoms with van der Waals surface area (Å²) in [4.78, 5) is 32.4. The summed E-state index contributed by atoms with van der Waals surface area (Å²) in [6.45, 7) is 8.09. The van der Waals surface area contributed by atoms with E-state index in [-0.39, 0.29) is 37.4 Å². The van der Waals surface area contributed by atoms with E-state index in [9.17, 15) is 14.0 Å². The molecule has 1 fully saturated rings. The van der Waals surface area contributed by atoms with Crippen molar-refractivity contribution in [3.8, 4) is 0 Å². The second-order valence-corrected chi connectivity index (χ2v) is 9.56. The molecule has 0 spiro atoms. The van der Waals surface area contributed by atoms with Crippen LogP contribution in [0.15, 0.2) is 65.1 Å². The van der Waals surface area contributed by atoms with E-state index in [0.717, 1.165) is 30.0 Å². The smallest absolute Gasteiger partial charge is 0.322 e. The summed E-state index contributed by atoms with van der Waals surface area (Å²) in [5.41, 5.74) is 2.48. The lowest BCUT2D eigenvalue weighted by Gasteiger charge is -2.31. The summed E-state index contributed by atoms with van der Waals surface area (Å²) in [5.74, 6) is 0.820. The summed E-state index contributed by atoms with van der Waals surface area (Å²) in [5, 5.41) is 2.94. The molecule has 4 rings (SSSR count). The Bertz CT molecular complexity index is 1210. The lowest BCUT2D eigenvalue weighted by Crippen LogP contribution is -2.48. The Morgan fingerprint density at radius 2 is 1.74 bits per heavy atom. The summed E-state index contributed by atoms with van der Waals surface area (Å²) in [7, 11) is 0. The van der Waals surface area contributed by atoms with Crippen molar-refractivity contribution in [3.63, 3.8) is 0 Å². The predicted molar refractivity (Wildman–Crippen MR) is 143 cm³/mol. The van der Waals surface area contributed by atoms with Gasteiger partial charge in [-0.15, -0.1) is 0 Å². The van der Waals surface area contributed by atoms with E-state index in [1.165, 1.54) is 12.1 Å². The molecule has 3 amide bonds. The minimum atomic E-state index is -0.340. The molecule has 0 radical (unpaired) electrons. The molecule has 0 aliphatic carbocycles. The highest BCUT2D eigenvalue weighted by atomic mass is 19.1. The molecule has 8 nitrogen and oxygen atoms in total. The third kappa shape index (κ3) is 8.16. The van der Waals surface area contributed by atoms with E-state index in [1.807, 2.05) is 50.2 Å². The molecule has 1 N–H and O–H groups in total. The fourth-order valence-electron chi connectivity index (χ4n) is 4.33. The van der Waals surface area contributed by atoms with Crippen LogP contribution in [0.3, 0.4) is 0 Å². The van der Waals surface area contributed by atoms with Gasteiger partial charge in [-0.05, 0) is 61.4 Å². The highest BCUT2D eigenvalue weighted by Gasteiger charge is 2.24. The van der Waals surface area contributed by atoms with E-state index in [0.29, 0.717) is 37.8 Å². The van der Waals surface area contributed by atoms with Crippen LogP contribution in [0, 0.1) is 19.7 Å². The highest BCUT2D eigenvalue weighted by Crippen LogP contribution is 2.15. The van der Waals surface area contributed by atoms with E-state index in [1.54, 1.807) is 21.9 Å². The Balaban J connectivity index is 1.50. The first-order valence-electron chi connectivity index (χ1n) is 12.9. The molecule has 9 heteroatoms. The third-order valence-electron chi connectivity index (χ3n) is 6.45. The number of nitrogens with zero attached hydrogens (tertiary/aromatic N) is 3. The molecule has 38 heavy (non-hydrogen) atoms. The number of amides is 3. The fourth-order valence-corrected chi connectivity index (χ4v) is 4.33. The van der Waals surface area contributed by atoms with Crippen LogP contribution in [0.25, 0.3) is 0 Å². The molecule has 1 aliphatic heterocycles. The van der Waals surface area contributed by atoms with E-state index >= 15 is 0 Å². The van der Waals surface area contributed by atoms with Crippen molar-refractivity contribution in [1.82, 2.24) is 14.7 Å². The van der Waals surface area contributed by atoms with E-state index < -0.39 is 0 Å². The molecular weight excluding hydrogens is 487 g/mol. The van der Waals surface area contributed by atoms with Crippen LogP contribution in [-0.2, 0) is 22.6 Å². The van der Waals surface area contributed by atoms with Gasteiger partial charge in [0, 0.05) is 38.4 Å². The van der Waals surface area contributed by atoms with Gasteiger partial charge in [-0.3, -0.25) is 9.69 Å². The van der Waals surface area contributed by atoms with Gasteiger partial charge in [-0.2, -0.15) is 0 Å². The van der Waals surface area contributed by atoms with Gasteiger partial charge in [0.1, 0.15) is 23.9 Å². The number of benzene rings is 2. The molecule has 1 aromatic heterocycles. The lowest BCUT2D eigenvalue weighted by atomic mass is 10.2. The van der Waals surface area contributed by atoms with Crippen LogP contribution in [0.1, 0.15) is 22.6 Å². The van der Waals surface area contributed by atoms with Gasteiger partial charge in [-0.25, -0.2) is 9.18 Å². The molecule has 2 heterocycles. The van der Waals surface area contributed by atoms with Crippen molar-refractivity contribution >= 4 is 17.6 Å². The van der Waals surface area contributed by atoms with Crippen LogP contribution < -0.4 is 5.32 Å². The predicted octanol–water partition coefficient (Wildman–Crippen LogP) is 4.43. The molecule has 1 aliphatic rings. The van der Waals surface area contributed by atoms with Crippen molar-refractivity contribution in [3.05, 3.63) is 89.1 Å². The Morgan fingerprint density at radius 3 is 2.42 bits per heavy atom. The summed E-state index contributed by atoms with van der Waals surface area (Å²) in [6.07, 6.45) is 0. The van der Waals surface area contributed by atoms with Crippen LogP contribution in [0.4, 0.5) is 14.9 Å². The minimum Gasteiger partial charge on any atom is -0.464 e. The number of hydrogen-bond donors (Lipinski definition) is 1. The summed E-state index contributed by atoms with van der Waals surface area (Å²) >= 11 is 0. The van der Waals surface area contributed by atoms with Gasteiger partial charge < -0.3 is 24.3 Å². The number of urea groups is 1. The zero-order valence-corrected chi connectivity index (χ0v) is 22.0. The first-order valence-corrected chi connectivity index (χ1v) is 12.9. The molecule has 0 unspecified atom stereocenters. The molecule has 202 valence electrons.